The van der Waals surface area contributed by atoms with Gasteiger partial charge in [-0.3, -0.25) is 4.79 Å². The number of pyridine rings is 1. The summed E-state index contributed by atoms with van der Waals surface area (Å²) in [5.74, 6) is 1.90. The summed E-state index contributed by atoms with van der Waals surface area (Å²) in [6.07, 6.45) is 5.15. The van der Waals surface area contributed by atoms with Crippen molar-refractivity contribution in [1.82, 2.24) is 9.88 Å². The highest BCUT2D eigenvalue weighted by Gasteiger charge is 2.30. The molecular formula is C18H21N3O2S. The molecule has 4 rings (SSSR count). The first-order valence-electron chi connectivity index (χ1n) is 8.50. The number of anilines is 1. The third-order valence-electron chi connectivity index (χ3n) is 4.61. The quantitative estimate of drug-likeness (QED) is 0.856. The Morgan fingerprint density at radius 1 is 1.21 bits per heavy atom. The molecular weight excluding hydrogens is 322 g/mol. The van der Waals surface area contributed by atoms with Crippen LogP contribution in [0.5, 0.6) is 5.75 Å². The van der Waals surface area contributed by atoms with Crippen LogP contribution >= 0.6 is 11.3 Å². The molecule has 0 radical (unpaired) electrons. The van der Waals surface area contributed by atoms with Crippen LogP contribution in [-0.4, -0.2) is 48.1 Å². The zero-order valence-electron chi connectivity index (χ0n) is 13.6. The third-order valence-corrected chi connectivity index (χ3v) is 5.47. The van der Waals surface area contributed by atoms with Crippen LogP contribution in [0.4, 0.5) is 5.82 Å². The number of thiophene rings is 1. The van der Waals surface area contributed by atoms with Crippen molar-refractivity contribution >= 4 is 23.1 Å². The summed E-state index contributed by atoms with van der Waals surface area (Å²) in [5, 5.41) is 1.94. The fraction of sp³-hybridized carbons (Fsp3) is 0.444. The topological polar surface area (TPSA) is 45.7 Å². The summed E-state index contributed by atoms with van der Waals surface area (Å²) in [7, 11) is 0. The second-order valence-electron chi connectivity index (χ2n) is 6.28. The zero-order valence-corrected chi connectivity index (χ0v) is 14.4. The predicted molar refractivity (Wildman–Crippen MR) is 94.9 cm³/mol. The molecule has 2 saturated heterocycles. The first-order chi connectivity index (χ1) is 11.8. The summed E-state index contributed by atoms with van der Waals surface area (Å²) in [6, 6.07) is 7.70. The van der Waals surface area contributed by atoms with Crippen LogP contribution in [0.3, 0.4) is 0 Å². The van der Waals surface area contributed by atoms with E-state index < -0.39 is 0 Å². The lowest BCUT2D eigenvalue weighted by atomic mass is 10.3. The molecule has 5 nitrogen and oxygen atoms in total. The minimum atomic E-state index is 0.0412. The summed E-state index contributed by atoms with van der Waals surface area (Å²) < 4.78 is 6.22. The Kier molecular flexibility index (Phi) is 4.38. The molecule has 0 saturated carbocycles. The molecule has 4 heterocycles. The number of carbonyl (C=O) groups is 1. The molecule has 0 aromatic carbocycles. The SMILES string of the molecule is O=C(c1cccs1)N1CC[C@H](Oc2cccnc2N2CCCC2)C1. The molecule has 0 spiro atoms. The van der Waals surface area contributed by atoms with E-state index in [4.69, 9.17) is 4.74 Å². The second kappa shape index (κ2) is 6.81. The van der Waals surface area contributed by atoms with Gasteiger partial charge in [0.15, 0.2) is 11.6 Å². The number of ether oxygens (including phenoxy) is 1. The molecule has 0 bridgehead atoms. The Morgan fingerprint density at radius 2 is 2.08 bits per heavy atom. The van der Waals surface area contributed by atoms with E-state index in [0.717, 1.165) is 42.5 Å². The van der Waals surface area contributed by atoms with Crippen LogP contribution in [-0.2, 0) is 0 Å². The maximum Gasteiger partial charge on any atom is 0.264 e. The summed E-state index contributed by atoms with van der Waals surface area (Å²) in [5.41, 5.74) is 0. The lowest BCUT2D eigenvalue weighted by molar-refractivity contribution is 0.0777. The molecule has 2 aromatic rings. The Hall–Kier alpha value is -2.08. The minimum absolute atomic E-state index is 0.0412. The predicted octanol–water partition coefficient (Wildman–Crippen LogP) is 3.04. The Balaban J connectivity index is 1.43. The van der Waals surface area contributed by atoms with E-state index in [-0.39, 0.29) is 12.0 Å². The highest BCUT2D eigenvalue weighted by atomic mass is 32.1. The number of rotatable bonds is 4. The van der Waals surface area contributed by atoms with Crippen LogP contribution < -0.4 is 9.64 Å². The van der Waals surface area contributed by atoms with Gasteiger partial charge < -0.3 is 14.5 Å². The Morgan fingerprint density at radius 3 is 2.88 bits per heavy atom. The Bertz CT molecular complexity index is 698. The third kappa shape index (κ3) is 3.11. The molecule has 0 aliphatic carbocycles. The maximum absolute atomic E-state index is 12.4. The van der Waals surface area contributed by atoms with Gasteiger partial charge in [0.05, 0.1) is 11.4 Å². The van der Waals surface area contributed by atoms with E-state index >= 15 is 0 Å². The molecule has 2 aliphatic rings. The fourth-order valence-corrected chi connectivity index (χ4v) is 4.08. The van der Waals surface area contributed by atoms with Gasteiger partial charge in [0.2, 0.25) is 0 Å². The van der Waals surface area contributed by atoms with Gasteiger partial charge in [-0.15, -0.1) is 11.3 Å². The van der Waals surface area contributed by atoms with Crippen LogP contribution in [0.15, 0.2) is 35.8 Å². The smallest absolute Gasteiger partial charge is 0.264 e. The number of likely N-dealkylation sites (tertiary alicyclic amines) is 1. The van der Waals surface area contributed by atoms with Gasteiger partial charge in [-0.2, -0.15) is 0 Å². The number of hydrogen-bond acceptors (Lipinski definition) is 5. The van der Waals surface area contributed by atoms with Crippen molar-refractivity contribution in [3.05, 3.63) is 40.7 Å². The summed E-state index contributed by atoms with van der Waals surface area (Å²) >= 11 is 1.49. The van der Waals surface area contributed by atoms with E-state index in [2.05, 4.69) is 9.88 Å². The molecule has 0 unspecified atom stereocenters. The molecule has 126 valence electrons. The van der Waals surface area contributed by atoms with Crippen LogP contribution in [0.1, 0.15) is 28.9 Å². The fourth-order valence-electron chi connectivity index (χ4n) is 3.39. The van der Waals surface area contributed by atoms with Gasteiger partial charge in [0.1, 0.15) is 6.10 Å². The average Bonchev–Trinajstić information content (AvgIpc) is 3.36. The van der Waals surface area contributed by atoms with E-state index in [0.29, 0.717) is 6.54 Å². The highest BCUT2D eigenvalue weighted by molar-refractivity contribution is 7.12. The number of nitrogens with zero attached hydrogens (tertiary/aromatic N) is 3. The van der Waals surface area contributed by atoms with E-state index in [1.54, 1.807) is 0 Å². The van der Waals surface area contributed by atoms with Crippen molar-refractivity contribution < 1.29 is 9.53 Å². The van der Waals surface area contributed by atoms with Crippen molar-refractivity contribution in [3.63, 3.8) is 0 Å². The number of hydrogen-bond donors (Lipinski definition) is 0. The largest absolute Gasteiger partial charge is 0.485 e. The molecule has 2 fully saturated rings. The van der Waals surface area contributed by atoms with Crippen LogP contribution in [0.25, 0.3) is 0 Å². The van der Waals surface area contributed by atoms with Crippen LogP contribution in [0.2, 0.25) is 0 Å². The van der Waals surface area contributed by atoms with E-state index in [9.17, 15) is 4.79 Å². The number of amides is 1. The molecule has 2 aliphatic heterocycles. The van der Waals surface area contributed by atoms with Crippen molar-refractivity contribution in [1.29, 1.82) is 0 Å². The van der Waals surface area contributed by atoms with Crippen molar-refractivity contribution in [2.24, 2.45) is 0 Å². The normalized spacial score (nSPS) is 20.6. The highest BCUT2D eigenvalue weighted by Crippen LogP contribution is 2.30. The molecule has 1 atom stereocenters. The standard InChI is InChI=1S/C18H21N3O2S/c22-18(16-6-4-12-24-16)21-11-7-14(13-21)23-15-5-3-8-19-17(15)20-9-1-2-10-20/h3-6,8,12,14H,1-2,7,9-11,13H2/t14-/m0/s1. The Labute approximate surface area is 145 Å². The van der Waals surface area contributed by atoms with Gasteiger partial charge in [0.25, 0.3) is 5.91 Å². The molecule has 1 amide bonds. The van der Waals surface area contributed by atoms with E-state index in [1.807, 2.05) is 40.7 Å². The van der Waals surface area contributed by atoms with Crippen molar-refractivity contribution in [2.45, 2.75) is 25.4 Å². The van der Waals surface area contributed by atoms with E-state index in [1.165, 1.54) is 24.2 Å². The summed E-state index contributed by atoms with van der Waals surface area (Å²) in [4.78, 5) is 21.9. The minimum Gasteiger partial charge on any atom is -0.485 e. The van der Waals surface area contributed by atoms with Crippen LogP contribution in [0, 0.1) is 0 Å². The molecule has 24 heavy (non-hydrogen) atoms. The summed E-state index contributed by atoms with van der Waals surface area (Å²) in [6.45, 7) is 3.48. The first-order valence-corrected chi connectivity index (χ1v) is 9.38. The second-order valence-corrected chi connectivity index (χ2v) is 7.22. The van der Waals surface area contributed by atoms with Crippen molar-refractivity contribution in [3.8, 4) is 5.75 Å². The van der Waals surface area contributed by atoms with Crippen molar-refractivity contribution in [2.75, 3.05) is 31.1 Å². The molecule has 6 heteroatoms. The lowest BCUT2D eigenvalue weighted by Gasteiger charge is -2.22. The first kappa shape index (κ1) is 15.4. The maximum atomic E-state index is 12.4. The van der Waals surface area contributed by atoms with Gasteiger partial charge in [0, 0.05) is 32.3 Å². The van der Waals surface area contributed by atoms with Gasteiger partial charge >= 0.3 is 0 Å². The van der Waals surface area contributed by atoms with Gasteiger partial charge in [-0.1, -0.05) is 6.07 Å². The lowest BCUT2D eigenvalue weighted by Crippen LogP contribution is -2.30. The molecule has 2 aromatic heterocycles. The average molecular weight is 343 g/mol. The molecule has 0 N–H and O–H groups in total. The number of aromatic nitrogens is 1. The van der Waals surface area contributed by atoms with Gasteiger partial charge in [-0.05, 0) is 36.4 Å². The number of carbonyl (C=O) groups excluding carboxylic acids is 1. The zero-order chi connectivity index (χ0) is 16.4. The monoisotopic (exact) mass is 343 g/mol. The van der Waals surface area contributed by atoms with Gasteiger partial charge in [-0.25, -0.2) is 4.98 Å².